The van der Waals surface area contributed by atoms with Gasteiger partial charge in [-0.3, -0.25) is 5.41 Å². The third kappa shape index (κ3) is 6.19. The largest absolute Gasteiger partial charge is 0.365 e. The van der Waals surface area contributed by atoms with Gasteiger partial charge in [0.1, 0.15) is 5.82 Å². The zero-order valence-corrected chi connectivity index (χ0v) is 17.7. The van der Waals surface area contributed by atoms with E-state index in [0.29, 0.717) is 36.8 Å². The molecule has 0 bridgehead atoms. The molecule has 0 saturated heterocycles. The molecule has 1 aromatic heterocycles. The summed E-state index contributed by atoms with van der Waals surface area (Å²) in [6.07, 6.45) is 3.03. The van der Waals surface area contributed by atoms with Gasteiger partial charge in [-0.1, -0.05) is 0 Å². The Kier molecular flexibility index (Phi) is 6.82. The number of halogens is 2. The summed E-state index contributed by atoms with van der Waals surface area (Å²) < 4.78 is 43.0. The fraction of sp³-hybridized carbons (Fsp3) is 0.438. The van der Waals surface area contributed by atoms with Crippen LogP contribution in [0.4, 0.5) is 15.9 Å². The summed E-state index contributed by atoms with van der Waals surface area (Å²) in [4.78, 5) is 0. The summed E-state index contributed by atoms with van der Waals surface area (Å²) >= 11 is 3.10. The Balaban J connectivity index is 1.53. The minimum Gasteiger partial charge on any atom is -0.365 e. The van der Waals surface area contributed by atoms with Crippen LogP contribution < -0.4 is 20.5 Å². The maximum atomic E-state index is 13.3. The first-order chi connectivity index (χ1) is 13.7. The lowest BCUT2D eigenvalue weighted by Crippen LogP contribution is -2.41. The summed E-state index contributed by atoms with van der Waals surface area (Å²) in [5.41, 5.74) is 0.716. The average Bonchev–Trinajstić information content (AvgIpc) is 3.12. The molecule has 158 valence electrons. The zero-order valence-electron chi connectivity index (χ0n) is 15.3. The molecule has 1 aliphatic rings. The minimum absolute atomic E-state index is 0.0479. The molecule has 2 aromatic rings. The number of hydrogen-bond acceptors (Lipinski definition) is 7. The molecule has 1 aromatic carbocycles. The van der Waals surface area contributed by atoms with Crippen molar-refractivity contribution in [3.63, 3.8) is 0 Å². The molecule has 0 amide bonds. The summed E-state index contributed by atoms with van der Waals surface area (Å²) in [5, 5.41) is 26.7. The van der Waals surface area contributed by atoms with Crippen LogP contribution in [-0.2, 0) is 10.2 Å². The Morgan fingerprint density at radius 2 is 2.03 bits per heavy atom. The molecule has 1 aliphatic carbocycles. The lowest BCUT2D eigenvalue weighted by Gasteiger charge is -2.28. The van der Waals surface area contributed by atoms with E-state index in [9.17, 15) is 12.8 Å². The van der Waals surface area contributed by atoms with Crippen LogP contribution >= 0.6 is 15.9 Å². The topological polar surface area (TPSA) is 159 Å². The SMILES string of the molecule is N=C(Nc1ccc(F)c(Br)c1)c1nonc1NC[C@H]1CC[C@H](NS(N)(=O)=O)CC1. The van der Waals surface area contributed by atoms with Crippen LogP contribution in [-0.4, -0.2) is 37.2 Å². The highest BCUT2D eigenvalue weighted by Crippen LogP contribution is 2.25. The Morgan fingerprint density at radius 3 is 2.69 bits per heavy atom. The van der Waals surface area contributed by atoms with Gasteiger partial charge in [-0.05, 0) is 76.0 Å². The van der Waals surface area contributed by atoms with Gasteiger partial charge < -0.3 is 10.6 Å². The van der Waals surface area contributed by atoms with E-state index in [4.69, 9.17) is 15.2 Å². The summed E-state index contributed by atoms with van der Waals surface area (Å²) in [6, 6.07) is 4.15. The number of anilines is 2. The molecular formula is C16H21BrFN7O3S. The van der Waals surface area contributed by atoms with E-state index in [0.717, 1.165) is 12.8 Å². The Labute approximate surface area is 175 Å². The molecule has 1 saturated carbocycles. The molecule has 0 radical (unpaired) electrons. The summed E-state index contributed by atoms with van der Waals surface area (Å²) in [6.45, 7) is 0.582. The van der Waals surface area contributed by atoms with Crippen LogP contribution in [0.15, 0.2) is 27.3 Å². The lowest BCUT2D eigenvalue weighted by atomic mass is 9.86. The van der Waals surface area contributed by atoms with Crippen LogP contribution in [0.3, 0.4) is 0 Å². The predicted molar refractivity (Wildman–Crippen MR) is 109 cm³/mol. The highest BCUT2D eigenvalue weighted by atomic mass is 79.9. The van der Waals surface area contributed by atoms with Gasteiger partial charge >= 0.3 is 0 Å². The normalized spacial score (nSPS) is 19.7. The van der Waals surface area contributed by atoms with Gasteiger partial charge in [0.05, 0.1) is 4.47 Å². The molecule has 0 aliphatic heterocycles. The van der Waals surface area contributed by atoms with Crippen LogP contribution in [0, 0.1) is 17.1 Å². The van der Waals surface area contributed by atoms with E-state index in [2.05, 4.69) is 41.6 Å². The van der Waals surface area contributed by atoms with Crippen LogP contribution in [0.5, 0.6) is 0 Å². The van der Waals surface area contributed by atoms with Crippen molar-refractivity contribution in [1.29, 1.82) is 5.41 Å². The molecule has 29 heavy (non-hydrogen) atoms. The van der Waals surface area contributed by atoms with Crippen molar-refractivity contribution in [3.05, 3.63) is 34.2 Å². The predicted octanol–water partition coefficient (Wildman–Crippen LogP) is 2.17. The van der Waals surface area contributed by atoms with Gasteiger partial charge in [0, 0.05) is 18.3 Å². The van der Waals surface area contributed by atoms with E-state index in [1.807, 2.05) is 0 Å². The number of hydrogen-bond donors (Lipinski definition) is 5. The van der Waals surface area contributed by atoms with E-state index in [-0.39, 0.29) is 22.0 Å². The van der Waals surface area contributed by atoms with Crippen molar-refractivity contribution in [2.45, 2.75) is 31.7 Å². The third-order valence-corrected chi connectivity index (χ3v) is 5.92. The highest BCUT2D eigenvalue weighted by Gasteiger charge is 2.24. The first-order valence-electron chi connectivity index (χ1n) is 8.88. The second-order valence-electron chi connectivity index (χ2n) is 6.85. The van der Waals surface area contributed by atoms with E-state index >= 15 is 0 Å². The van der Waals surface area contributed by atoms with E-state index in [1.54, 1.807) is 0 Å². The number of rotatable bonds is 7. The number of nitrogens with two attached hydrogens (primary N) is 1. The number of nitrogens with one attached hydrogen (secondary N) is 4. The Hall–Kier alpha value is -2.09. The first-order valence-corrected chi connectivity index (χ1v) is 11.2. The van der Waals surface area contributed by atoms with E-state index < -0.39 is 16.0 Å². The van der Waals surface area contributed by atoms with Crippen LogP contribution in [0.1, 0.15) is 31.4 Å². The molecule has 3 rings (SSSR count). The monoisotopic (exact) mass is 489 g/mol. The van der Waals surface area contributed by atoms with E-state index in [1.165, 1.54) is 18.2 Å². The number of benzene rings is 1. The maximum absolute atomic E-state index is 13.3. The first kappa shape index (κ1) is 21.6. The van der Waals surface area contributed by atoms with Gasteiger partial charge in [0.2, 0.25) is 5.82 Å². The Morgan fingerprint density at radius 1 is 1.31 bits per heavy atom. The maximum Gasteiger partial charge on any atom is 0.274 e. The van der Waals surface area contributed by atoms with Crippen molar-refractivity contribution in [3.8, 4) is 0 Å². The number of amidine groups is 1. The van der Waals surface area contributed by atoms with Crippen molar-refractivity contribution < 1.29 is 17.4 Å². The minimum atomic E-state index is -3.69. The van der Waals surface area contributed by atoms with Gasteiger partial charge in [0.25, 0.3) is 10.2 Å². The van der Waals surface area contributed by atoms with Crippen LogP contribution in [0.25, 0.3) is 0 Å². The standard InChI is InChI=1S/C16H21BrFN7O3S/c17-12-7-11(5-6-13(12)18)22-15(19)14-16(24-28-23-14)21-8-9-1-3-10(4-2-9)25-29(20,26)27/h5-7,9-10,25H,1-4,8H2,(H2,19,22)(H,21,24)(H2,20,26,27)/t9-,10-. The third-order valence-electron chi connectivity index (χ3n) is 4.65. The van der Waals surface area contributed by atoms with Crippen molar-refractivity contribution in [2.24, 2.45) is 11.1 Å². The molecule has 10 nitrogen and oxygen atoms in total. The second-order valence-corrected chi connectivity index (χ2v) is 9.03. The van der Waals surface area contributed by atoms with Crippen LogP contribution in [0.2, 0.25) is 0 Å². The summed E-state index contributed by atoms with van der Waals surface area (Å²) in [7, 11) is -3.69. The number of aromatic nitrogens is 2. The molecule has 0 spiro atoms. The quantitative estimate of drug-likeness (QED) is 0.294. The fourth-order valence-corrected chi connectivity index (χ4v) is 4.28. The second kappa shape index (κ2) is 9.15. The number of nitrogens with zero attached hydrogens (tertiary/aromatic N) is 2. The van der Waals surface area contributed by atoms with Crippen molar-refractivity contribution in [1.82, 2.24) is 15.0 Å². The molecular weight excluding hydrogens is 469 g/mol. The van der Waals surface area contributed by atoms with Crippen molar-refractivity contribution >= 4 is 43.5 Å². The summed E-state index contributed by atoms with van der Waals surface area (Å²) in [5.74, 6) is 0.191. The fourth-order valence-electron chi connectivity index (χ4n) is 3.20. The van der Waals surface area contributed by atoms with Crippen molar-refractivity contribution in [2.75, 3.05) is 17.2 Å². The van der Waals surface area contributed by atoms with Gasteiger partial charge in [-0.2, -0.15) is 13.1 Å². The zero-order chi connectivity index (χ0) is 21.0. The van der Waals surface area contributed by atoms with Gasteiger partial charge in [-0.25, -0.2) is 14.2 Å². The lowest BCUT2D eigenvalue weighted by molar-refractivity contribution is 0.306. The molecule has 13 heteroatoms. The molecule has 6 N–H and O–H groups in total. The molecule has 1 fully saturated rings. The smallest absolute Gasteiger partial charge is 0.274 e. The molecule has 0 atom stereocenters. The molecule has 1 heterocycles. The average molecular weight is 490 g/mol. The molecule has 0 unspecified atom stereocenters. The van der Waals surface area contributed by atoms with Gasteiger partial charge in [0.15, 0.2) is 11.5 Å². The highest BCUT2D eigenvalue weighted by molar-refractivity contribution is 9.10. The van der Waals surface area contributed by atoms with Gasteiger partial charge in [-0.15, -0.1) is 0 Å². The Bertz CT molecular complexity index is 977.